The number of hydrogen-bond acceptors (Lipinski definition) is 5. The van der Waals surface area contributed by atoms with Gasteiger partial charge in [-0.1, -0.05) is 24.3 Å². The number of rotatable bonds is 3. The van der Waals surface area contributed by atoms with Gasteiger partial charge in [0.15, 0.2) is 11.5 Å². The van der Waals surface area contributed by atoms with Crippen LogP contribution in [0.1, 0.15) is 6.42 Å². The minimum Gasteiger partial charge on any atom is -0.485 e. The van der Waals surface area contributed by atoms with Crippen LogP contribution in [0.5, 0.6) is 5.75 Å². The van der Waals surface area contributed by atoms with E-state index in [0.29, 0.717) is 35.8 Å². The standard InChI is InChI=1S/C20H18FN5O.2ClH/c21-14-12-22-10-9-16(14)27-17-5-3-4-13-7-8-15(23-19(13)17)20-25-24-18-6-1-2-11-26(18)20;;/h1-8,11,14,16,22H,9-10,12H2;2*1H/t14-,16+;;/m0../s1. The Kier molecular flexibility index (Phi) is 6.52. The van der Waals surface area contributed by atoms with Crippen LogP contribution < -0.4 is 10.1 Å². The highest BCUT2D eigenvalue weighted by atomic mass is 35.5. The summed E-state index contributed by atoms with van der Waals surface area (Å²) in [4.78, 5) is 4.77. The number of piperidine rings is 1. The number of nitrogens with zero attached hydrogens (tertiary/aromatic N) is 4. The molecule has 0 unspecified atom stereocenters. The third-order valence-electron chi connectivity index (χ3n) is 4.85. The van der Waals surface area contributed by atoms with E-state index >= 15 is 0 Å². The maximum atomic E-state index is 14.2. The minimum atomic E-state index is -1.03. The van der Waals surface area contributed by atoms with E-state index in [1.807, 2.05) is 59.1 Å². The first kappa shape index (κ1) is 21.2. The fourth-order valence-corrected chi connectivity index (χ4v) is 3.45. The van der Waals surface area contributed by atoms with Gasteiger partial charge < -0.3 is 10.1 Å². The molecule has 0 amide bonds. The molecule has 1 saturated heterocycles. The minimum absolute atomic E-state index is 0. The Morgan fingerprint density at radius 2 is 1.93 bits per heavy atom. The summed E-state index contributed by atoms with van der Waals surface area (Å²) in [5.74, 6) is 1.25. The Morgan fingerprint density at radius 3 is 2.79 bits per heavy atom. The Morgan fingerprint density at radius 1 is 1.03 bits per heavy atom. The number of nitrogens with one attached hydrogen (secondary N) is 1. The fraction of sp³-hybridized carbons (Fsp3) is 0.250. The highest BCUT2D eigenvalue weighted by Gasteiger charge is 2.27. The zero-order valence-electron chi connectivity index (χ0n) is 15.4. The van der Waals surface area contributed by atoms with Crippen molar-refractivity contribution in [3.8, 4) is 17.3 Å². The molecule has 1 fully saturated rings. The van der Waals surface area contributed by atoms with Gasteiger partial charge in [0.2, 0.25) is 0 Å². The van der Waals surface area contributed by atoms with Crippen LogP contribution >= 0.6 is 24.8 Å². The second kappa shape index (κ2) is 8.90. The van der Waals surface area contributed by atoms with Crippen molar-refractivity contribution < 1.29 is 9.13 Å². The molecule has 6 nitrogen and oxygen atoms in total. The summed E-state index contributed by atoms with van der Waals surface area (Å²) in [6.07, 6.45) is 1.04. The highest BCUT2D eigenvalue weighted by Crippen LogP contribution is 2.29. The molecule has 5 rings (SSSR count). The first-order valence-corrected chi connectivity index (χ1v) is 9.01. The molecule has 4 heterocycles. The fourth-order valence-electron chi connectivity index (χ4n) is 3.45. The van der Waals surface area contributed by atoms with Gasteiger partial charge in [-0.2, -0.15) is 0 Å². The SMILES string of the molecule is Cl.Cl.F[C@H]1CNCC[C@H]1Oc1cccc2ccc(-c3nnc4ccccn34)nc12. The van der Waals surface area contributed by atoms with Crippen molar-refractivity contribution in [2.75, 3.05) is 13.1 Å². The molecule has 0 saturated carbocycles. The molecule has 9 heteroatoms. The van der Waals surface area contributed by atoms with Gasteiger partial charge in [-0.3, -0.25) is 4.40 Å². The maximum absolute atomic E-state index is 14.2. The predicted octanol–water partition coefficient (Wildman–Crippen LogP) is 3.87. The lowest BCUT2D eigenvalue weighted by molar-refractivity contribution is 0.0742. The van der Waals surface area contributed by atoms with Gasteiger partial charge in [0.1, 0.15) is 29.2 Å². The van der Waals surface area contributed by atoms with Gasteiger partial charge >= 0.3 is 0 Å². The predicted molar refractivity (Wildman–Crippen MR) is 115 cm³/mol. The molecular weight excluding hydrogens is 416 g/mol. The molecule has 1 aromatic carbocycles. The second-order valence-corrected chi connectivity index (χ2v) is 6.64. The van der Waals surface area contributed by atoms with Crippen LogP contribution in [-0.2, 0) is 0 Å². The Labute approximate surface area is 179 Å². The molecule has 1 aliphatic heterocycles. The maximum Gasteiger partial charge on any atom is 0.187 e. The lowest BCUT2D eigenvalue weighted by atomic mass is 10.1. The number of aromatic nitrogens is 4. The van der Waals surface area contributed by atoms with Crippen LogP contribution in [0, 0.1) is 0 Å². The van der Waals surface area contributed by atoms with Crippen molar-refractivity contribution in [3.63, 3.8) is 0 Å². The van der Waals surface area contributed by atoms with E-state index < -0.39 is 12.3 Å². The average molecular weight is 436 g/mol. The summed E-state index contributed by atoms with van der Waals surface area (Å²) in [5, 5.41) is 12.4. The molecule has 3 aromatic heterocycles. The van der Waals surface area contributed by atoms with E-state index in [0.717, 1.165) is 17.6 Å². The summed E-state index contributed by atoms with van der Waals surface area (Å²) in [5.41, 5.74) is 2.15. The molecule has 152 valence electrons. The molecular formula is C20H20Cl2FN5O. The first-order chi connectivity index (χ1) is 13.3. The Balaban J connectivity index is 0.00000120. The zero-order valence-corrected chi connectivity index (χ0v) is 17.0. The number of para-hydroxylation sites is 1. The topological polar surface area (TPSA) is 64.3 Å². The number of halogens is 3. The van der Waals surface area contributed by atoms with E-state index in [1.165, 1.54) is 0 Å². The third kappa shape index (κ3) is 3.99. The number of ether oxygens (including phenoxy) is 1. The summed E-state index contributed by atoms with van der Waals surface area (Å²) >= 11 is 0. The molecule has 1 N–H and O–H groups in total. The number of pyridine rings is 2. The Hall–Kier alpha value is -2.48. The average Bonchev–Trinajstić information content (AvgIpc) is 3.14. The van der Waals surface area contributed by atoms with E-state index in [4.69, 9.17) is 9.72 Å². The van der Waals surface area contributed by atoms with E-state index in [2.05, 4.69) is 15.5 Å². The van der Waals surface area contributed by atoms with Crippen molar-refractivity contribution in [2.24, 2.45) is 0 Å². The molecule has 0 radical (unpaired) electrons. The van der Waals surface area contributed by atoms with Crippen molar-refractivity contribution in [1.82, 2.24) is 24.9 Å². The van der Waals surface area contributed by atoms with Crippen molar-refractivity contribution in [2.45, 2.75) is 18.7 Å². The van der Waals surface area contributed by atoms with Crippen LogP contribution in [0.2, 0.25) is 0 Å². The molecule has 4 aromatic rings. The first-order valence-electron chi connectivity index (χ1n) is 9.01. The van der Waals surface area contributed by atoms with Gasteiger partial charge in [0.05, 0.1) is 0 Å². The summed E-state index contributed by atoms with van der Waals surface area (Å²) in [7, 11) is 0. The summed E-state index contributed by atoms with van der Waals surface area (Å²) < 4.78 is 22.1. The van der Waals surface area contributed by atoms with Crippen LogP contribution in [0.25, 0.3) is 28.1 Å². The monoisotopic (exact) mass is 435 g/mol. The number of alkyl halides is 1. The number of fused-ring (bicyclic) bond motifs is 2. The Bertz CT molecular complexity index is 1120. The van der Waals surface area contributed by atoms with Gasteiger partial charge in [0.25, 0.3) is 0 Å². The largest absolute Gasteiger partial charge is 0.485 e. The third-order valence-corrected chi connectivity index (χ3v) is 4.85. The van der Waals surface area contributed by atoms with E-state index in [-0.39, 0.29) is 24.8 Å². The van der Waals surface area contributed by atoms with Gasteiger partial charge in [-0.25, -0.2) is 9.37 Å². The second-order valence-electron chi connectivity index (χ2n) is 6.64. The quantitative estimate of drug-likeness (QED) is 0.529. The normalized spacial score (nSPS) is 18.8. The van der Waals surface area contributed by atoms with E-state index in [9.17, 15) is 4.39 Å². The van der Waals surface area contributed by atoms with Gasteiger partial charge in [-0.15, -0.1) is 35.0 Å². The molecule has 2 atom stereocenters. The molecule has 29 heavy (non-hydrogen) atoms. The van der Waals surface area contributed by atoms with Crippen LogP contribution in [0.15, 0.2) is 54.7 Å². The van der Waals surface area contributed by atoms with Gasteiger partial charge in [0, 0.05) is 18.1 Å². The lowest BCUT2D eigenvalue weighted by Gasteiger charge is -2.27. The number of hydrogen-bond donors (Lipinski definition) is 1. The van der Waals surface area contributed by atoms with Crippen LogP contribution in [0.4, 0.5) is 4.39 Å². The van der Waals surface area contributed by atoms with Crippen LogP contribution in [0.3, 0.4) is 0 Å². The molecule has 0 bridgehead atoms. The molecule has 0 aliphatic carbocycles. The molecule has 0 spiro atoms. The van der Waals surface area contributed by atoms with Crippen LogP contribution in [-0.4, -0.2) is 44.9 Å². The highest BCUT2D eigenvalue weighted by molar-refractivity contribution is 5.86. The summed E-state index contributed by atoms with van der Waals surface area (Å²) in [6.45, 7) is 1.07. The van der Waals surface area contributed by atoms with E-state index in [1.54, 1.807) is 0 Å². The van der Waals surface area contributed by atoms with Crippen molar-refractivity contribution in [3.05, 3.63) is 54.7 Å². The zero-order chi connectivity index (χ0) is 18.2. The smallest absolute Gasteiger partial charge is 0.187 e. The van der Waals surface area contributed by atoms with Crippen molar-refractivity contribution in [1.29, 1.82) is 0 Å². The van der Waals surface area contributed by atoms with Crippen molar-refractivity contribution >= 4 is 41.4 Å². The summed E-state index contributed by atoms with van der Waals surface area (Å²) in [6, 6.07) is 15.3. The van der Waals surface area contributed by atoms with Gasteiger partial charge in [-0.05, 0) is 37.2 Å². The lowest BCUT2D eigenvalue weighted by Crippen LogP contribution is -2.44. The molecule has 1 aliphatic rings. The number of benzene rings is 1.